The second-order valence-electron chi connectivity index (χ2n) is 7.96. The van der Waals surface area contributed by atoms with Crippen LogP contribution < -0.4 is 0 Å². The largest absolute Gasteiger partial charge is 0.501 e. The van der Waals surface area contributed by atoms with Crippen LogP contribution in [0.2, 0.25) is 0 Å². The van der Waals surface area contributed by atoms with Gasteiger partial charge in [0.1, 0.15) is 0 Å². The maximum absolute atomic E-state index is 5.73. The fourth-order valence-electron chi connectivity index (χ4n) is 4.26. The molecule has 0 aromatic carbocycles. The Hall–Kier alpha value is -1.24. The van der Waals surface area contributed by atoms with Gasteiger partial charge in [-0.15, -0.1) is 13.2 Å². The quantitative estimate of drug-likeness (QED) is 0.444. The van der Waals surface area contributed by atoms with Gasteiger partial charge in [0.15, 0.2) is 0 Å². The summed E-state index contributed by atoms with van der Waals surface area (Å²) < 4.78 is 5.73. The van der Waals surface area contributed by atoms with Gasteiger partial charge in [-0.3, -0.25) is 0 Å². The first kappa shape index (κ1) is 18.1. The Bertz CT molecular complexity index is 510. The molecule has 23 heavy (non-hydrogen) atoms. The highest BCUT2D eigenvalue weighted by molar-refractivity contribution is 5.26. The molecule has 2 aliphatic carbocycles. The molecule has 2 rings (SSSR count). The normalized spacial score (nSPS) is 32.3. The van der Waals surface area contributed by atoms with E-state index in [2.05, 4.69) is 52.2 Å². The Kier molecular flexibility index (Phi) is 5.95. The molecule has 0 bridgehead atoms. The molecule has 1 heteroatoms. The monoisotopic (exact) mass is 314 g/mol. The van der Waals surface area contributed by atoms with Crippen LogP contribution in [0.15, 0.2) is 48.3 Å². The standard InChI is InChI=1S/C22H34O/c1-16(2)10-8-7-9-11-18-14-20-19(13-12-17(3)4)22(20,5)15-21(18)23-6/h7,9,15,18-20H,1,3,8,10-14H2,2,4-6H3/b9-7+/t18-,19+,20?,22-/m1/s1. The van der Waals surface area contributed by atoms with Gasteiger partial charge >= 0.3 is 0 Å². The van der Waals surface area contributed by atoms with E-state index in [1.165, 1.54) is 36.2 Å². The maximum atomic E-state index is 5.73. The SMILES string of the molecule is C=C(C)CC/C=C/C[C@@H]1CC2[C@H](CCC(=C)C)[C@@]2(C)C=C1OC. The van der Waals surface area contributed by atoms with Crippen LogP contribution in [0.4, 0.5) is 0 Å². The van der Waals surface area contributed by atoms with Gasteiger partial charge in [-0.05, 0) is 75.7 Å². The molecule has 0 heterocycles. The molecule has 0 spiro atoms. The van der Waals surface area contributed by atoms with Crippen molar-refractivity contribution in [2.45, 2.75) is 59.3 Å². The van der Waals surface area contributed by atoms with E-state index >= 15 is 0 Å². The summed E-state index contributed by atoms with van der Waals surface area (Å²) in [6, 6.07) is 0. The molecule has 0 aromatic rings. The van der Waals surface area contributed by atoms with Gasteiger partial charge in [-0.25, -0.2) is 0 Å². The number of rotatable bonds is 9. The number of hydrogen-bond donors (Lipinski definition) is 0. The van der Waals surface area contributed by atoms with Crippen molar-refractivity contribution in [3.05, 3.63) is 48.3 Å². The van der Waals surface area contributed by atoms with Gasteiger partial charge in [0, 0.05) is 5.92 Å². The number of methoxy groups -OCH3 is 1. The molecule has 1 unspecified atom stereocenters. The van der Waals surface area contributed by atoms with Crippen molar-refractivity contribution >= 4 is 0 Å². The summed E-state index contributed by atoms with van der Waals surface area (Å²) in [4.78, 5) is 0. The molecule has 0 aromatic heterocycles. The van der Waals surface area contributed by atoms with Crippen molar-refractivity contribution < 1.29 is 4.74 Å². The summed E-state index contributed by atoms with van der Waals surface area (Å²) in [5, 5.41) is 0. The molecular weight excluding hydrogens is 280 g/mol. The summed E-state index contributed by atoms with van der Waals surface area (Å²) in [5.41, 5.74) is 2.95. The molecule has 1 fully saturated rings. The lowest BCUT2D eigenvalue weighted by molar-refractivity contribution is 0.213. The van der Waals surface area contributed by atoms with Crippen molar-refractivity contribution in [2.75, 3.05) is 7.11 Å². The Balaban J connectivity index is 1.90. The summed E-state index contributed by atoms with van der Waals surface area (Å²) in [6.45, 7) is 14.7. The topological polar surface area (TPSA) is 9.23 Å². The smallest absolute Gasteiger partial charge is 0.0955 e. The Labute approximate surface area is 143 Å². The van der Waals surface area contributed by atoms with Crippen LogP contribution in [0, 0.1) is 23.2 Å². The molecule has 2 aliphatic rings. The van der Waals surface area contributed by atoms with Crippen molar-refractivity contribution in [3.63, 3.8) is 0 Å². The fraction of sp³-hybridized carbons (Fsp3) is 0.636. The predicted octanol–water partition coefficient (Wildman–Crippen LogP) is 6.45. The molecule has 1 saturated carbocycles. The fourth-order valence-corrected chi connectivity index (χ4v) is 4.26. The van der Waals surface area contributed by atoms with E-state index in [9.17, 15) is 0 Å². The Morgan fingerprint density at radius 2 is 1.96 bits per heavy atom. The number of ether oxygens (including phenoxy) is 1. The van der Waals surface area contributed by atoms with Crippen molar-refractivity contribution in [3.8, 4) is 0 Å². The average Bonchev–Trinajstić information content (AvgIpc) is 3.06. The lowest BCUT2D eigenvalue weighted by atomic mass is 9.86. The number of allylic oxidation sites excluding steroid dienone is 6. The van der Waals surface area contributed by atoms with Crippen LogP contribution in [-0.2, 0) is 4.74 Å². The molecular formula is C22H34O. The second-order valence-corrected chi connectivity index (χ2v) is 7.96. The van der Waals surface area contributed by atoms with Gasteiger partial charge in [0.2, 0.25) is 0 Å². The van der Waals surface area contributed by atoms with Crippen LogP contribution >= 0.6 is 0 Å². The highest BCUT2D eigenvalue weighted by Crippen LogP contribution is 2.67. The lowest BCUT2D eigenvalue weighted by Gasteiger charge is -2.24. The van der Waals surface area contributed by atoms with Crippen molar-refractivity contribution in [1.29, 1.82) is 0 Å². The van der Waals surface area contributed by atoms with Crippen LogP contribution in [0.5, 0.6) is 0 Å². The average molecular weight is 315 g/mol. The van der Waals surface area contributed by atoms with E-state index in [0.29, 0.717) is 11.3 Å². The van der Waals surface area contributed by atoms with Crippen molar-refractivity contribution in [2.24, 2.45) is 23.2 Å². The zero-order valence-corrected chi connectivity index (χ0v) is 15.5. The Morgan fingerprint density at radius 1 is 1.26 bits per heavy atom. The first-order chi connectivity index (χ1) is 10.9. The summed E-state index contributed by atoms with van der Waals surface area (Å²) in [6.07, 6.45) is 14.1. The molecule has 0 saturated heterocycles. The van der Waals surface area contributed by atoms with E-state index in [1.54, 1.807) is 0 Å². The van der Waals surface area contributed by atoms with E-state index in [-0.39, 0.29) is 0 Å². The Morgan fingerprint density at radius 3 is 2.57 bits per heavy atom. The molecule has 0 aliphatic heterocycles. The third-order valence-corrected chi connectivity index (χ3v) is 5.81. The van der Waals surface area contributed by atoms with E-state index in [4.69, 9.17) is 4.74 Å². The zero-order valence-electron chi connectivity index (χ0n) is 15.5. The highest BCUT2D eigenvalue weighted by atomic mass is 16.5. The molecule has 128 valence electrons. The summed E-state index contributed by atoms with van der Waals surface area (Å²) >= 11 is 0. The highest BCUT2D eigenvalue weighted by Gasteiger charge is 2.61. The summed E-state index contributed by atoms with van der Waals surface area (Å²) in [5.74, 6) is 3.44. The van der Waals surface area contributed by atoms with E-state index < -0.39 is 0 Å². The minimum absolute atomic E-state index is 0.376. The third kappa shape index (κ3) is 4.40. The van der Waals surface area contributed by atoms with Gasteiger partial charge in [0.05, 0.1) is 12.9 Å². The van der Waals surface area contributed by atoms with Gasteiger partial charge < -0.3 is 4.74 Å². The predicted molar refractivity (Wildman–Crippen MR) is 100 cm³/mol. The number of hydrogen-bond acceptors (Lipinski definition) is 1. The number of fused-ring (bicyclic) bond motifs is 1. The van der Waals surface area contributed by atoms with Gasteiger partial charge in [-0.2, -0.15) is 0 Å². The molecule has 4 atom stereocenters. The van der Waals surface area contributed by atoms with E-state index in [1.807, 2.05) is 7.11 Å². The van der Waals surface area contributed by atoms with Crippen LogP contribution in [0.3, 0.4) is 0 Å². The second kappa shape index (κ2) is 7.55. The molecule has 0 radical (unpaired) electrons. The minimum Gasteiger partial charge on any atom is -0.501 e. The maximum Gasteiger partial charge on any atom is 0.0955 e. The first-order valence-electron chi connectivity index (χ1n) is 9.09. The van der Waals surface area contributed by atoms with Crippen LogP contribution in [0.1, 0.15) is 59.3 Å². The lowest BCUT2D eigenvalue weighted by Crippen LogP contribution is -2.15. The van der Waals surface area contributed by atoms with Gasteiger partial charge in [-0.1, -0.05) is 30.2 Å². The van der Waals surface area contributed by atoms with E-state index in [0.717, 1.165) is 31.1 Å². The zero-order chi connectivity index (χ0) is 17.0. The first-order valence-corrected chi connectivity index (χ1v) is 9.09. The molecule has 1 nitrogen and oxygen atoms in total. The minimum atomic E-state index is 0.376. The van der Waals surface area contributed by atoms with Crippen LogP contribution in [0.25, 0.3) is 0 Å². The third-order valence-electron chi connectivity index (χ3n) is 5.81. The van der Waals surface area contributed by atoms with Crippen LogP contribution in [-0.4, -0.2) is 7.11 Å². The molecule has 0 N–H and O–H groups in total. The van der Waals surface area contributed by atoms with Crippen molar-refractivity contribution in [1.82, 2.24) is 0 Å². The summed E-state index contributed by atoms with van der Waals surface area (Å²) in [7, 11) is 1.83. The molecule has 0 amide bonds. The van der Waals surface area contributed by atoms with Gasteiger partial charge in [0.25, 0.3) is 0 Å².